The van der Waals surface area contributed by atoms with Crippen molar-refractivity contribution in [2.75, 3.05) is 0 Å². The van der Waals surface area contributed by atoms with E-state index in [9.17, 15) is 4.79 Å². The third-order valence-electron chi connectivity index (χ3n) is 7.43. The second kappa shape index (κ2) is 8.02. The molecule has 3 aliphatic carbocycles. The fraction of sp³-hybridized carbons (Fsp3) is 0.560. The topological polar surface area (TPSA) is 29.1 Å². The number of rotatable bonds is 7. The molecular weight excluding hydrogens is 362 g/mol. The van der Waals surface area contributed by atoms with Crippen LogP contribution >= 0.6 is 11.3 Å². The summed E-state index contributed by atoms with van der Waals surface area (Å²) in [6.45, 7) is 7.04. The molecule has 5 rings (SSSR count). The Bertz CT molecular complexity index is 864. The molecule has 28 heavy (non-hydrogen) atoms. The number of nitrogens with one attached hydrogen (secondary N) is 1. The van der Waals surface area contributed by atoms with Crippen molar-refractivity contribution >= 4 is 27.3 Å². The first-order valence-electron chi connectivity index (χ1n) is 10.9. The zero-order valence-corrected chi connectivity index (χ0v) is 18.2. The molecule has 0 aliphatic heterocycles. The van der Waals surface area contributed by atoms with Crippen LogP contribution in [0.2, 0.25) is 0 Å². The number of amides is 1. The van der Waals surface area contributed by atoms with Gasteiger partial charge in [-0.3, -0.25) is 4.79 Å². The van der Waals surface area contributed by atoms with E-state index in [2.05, 4.69) is 50.4 Å². The van der Waals surface area contributed by atoms with Crippen LogP contribution < -0.4 is 5.32 Å². The maximum absolute atomic E-state index is 13.2. The average Bonchev–Trinajstić information content (AvgIpc) is 3.12. The van der Waals surface area contributed by atoms with Gasteiger partial charge in [-0.15, -0.1) is 11.3 Å². The molecule has 3 aliphatic rings. The number of unbranched alkanes of at least 4 members (excludes halogenated alkanes) is 2. The fourth-order valence-corrected chi connectivity index (χ4v) is 6.40. The summed E-state index contributed by atoms with van der Waals surface area (Å²) in [6.07, 6.45) is 12.0. The smallest absolute Gasteiger partial charge is 0.252 e. The van der Waals surface area contributed by atoms with E-state index in [0.29, 0.717) is 23.3 Å². The summed E-state index contributed by atoms with van der Waals surface area (Å²) in [7, 11) is 0. The third kappa shape index (κ3) is 3.54. The van der Waals surface area contributed by atoms with Crippen molar-refractivity contribution < 1.29 is 4.79 Å². The van der Waals surface area contributed by atoms with E-state index >= 15 is 0 Å². The fourth-order valence-electron chi connectivity index (χ4n) is 5.46. The number of allylic oxidation sites excluding steroid dienone is 2. The summed E-state index contributed by atoms with van der Waals surface area (Å²) < 4.78 is 1.19. The Kier molecular flexibility index (Phi) is 5.64. The maximum Gasteiger partial charge on any atom is 0.252 e. The van der Waals surface area contributed by atoms with Gasteiger partial charge in [0.1, 0.15) is 0 Å². The molecule has 0 radical (unpaired) electrons. The number of thiophene rings is 1. The minimum atomic E-state index is 0.114. The first-order valence-corrected chi connectivity index (χ1v) is 11.8. The lowest BCUT2D eigenvalue weighted by atomic mass is 9.44. The highest BCUT2D eigenvalue weighted by molar-refractivity contribution is 7.17. The van der Waals surface area contributed by atoms with E-state index in [-0.39, 0.29) is 5.91 Å². The van der Waals surface area contributed by atoms with Gasteiger partial charge in [0.2, 0.25) is 0 Å². The molecule has 3 saturated carbocycles. The first-order chi connectivity index (χ1) is 13.5. The summed E-state index contributed by atoms with van der Waals surface area (Å²) in [6, 6.07) is 8.53. The van der Waals surface area contributed by atoms with Gasteiger partial charge in [0, 0.05) is 21.5 Å². The highest BCUT2D eigenvalue weighted by Crippen LogP contribution is 2.61. The molecule has 1 aromatic carbocycles. The minimum absolute atomic E-state index is 0.114. The van der Waals surface area contributed by atoms with Gasteiger partial charge < -0.3 is 5.32 Å². The van der Waals surface area contributed by atoms with Crippen LogP contribution in [-0.2, 0) is 0 Å². The molecular formula is C25H33NOS. The molecule has 1 N–H and O–H groups in total. The van der Waals surface area contributed by atoms with Crippen LogP contribution in [0.3, 0.4) is 0 Å². The van der Waals surface area contributed by atoms with Crippen LogP contribution in [0.25, 0.3) is 10.1 Å². The predicted molar refractivity (Wildman–Crippen MR) is 120 cm³/mol. The van der Waals surface area contributed by atoms with Crippen LogP contribution in [0.5, 0.6) is 0 Å². The summed E-state index contributed by atoms with van der Waals surface area (Å²) in [5.41, 5.74) is 1.20. The highest BCUT2D eigenvalue weighted by Gasteiger charge is 2.57. The van der Waals surface area contributed by atoms with Gasteiger partial charge in [-0.05, 0) is 54.9 Å². The average molecular weight is 396 g/mol. The van der Waals surface area contributed by atoms with Crippen molar-refractivity contribution in [2.45, 2.75) is 65.3 Å². The Hall–Kier alpha value is -1.61. The Morgan fingerprint density at radius 1 is 1.25 bits per heavy atom. The van der Waals surface area contributed by atoms with Gasteiger partial charge in [-0.25, -0.2) is 0 Å². The van der Waals surface area contributed by atoms with E-state index in [1.165, 1.54) is 36.8 Å². The Morgan fingerprint density at radius 3 is 2.86 bits per heavy atom. The van der Waals surface area contributed by atoms with E-state index in [1.54, 1.807) is 11.3 Å². The predicted octanol–water partition coefficient (Wildman–Crippen LogP) is 6.82. The monoisotopic (exact) mass is 395 g/mol. The SMILES string of the molecule is CCCC/C=C\CC1CC2CC(C1NC(=O)c1csc3ccccc13)C2(C)C. The summed E-state index contributed by atoms with van der Waals surface area (Å²) >= 11 is 1.66. The largest absolute Gasteiger partial charge is 0.349 e. The zero-order chi connectivity index (χ0) is 19.7. The standard InChI is InChI=1S/C25H33NOS/c1-4-5-6-7-8-11-17-14-18-15-21(25(18,2)3)23(17)26-24(27)20-16-28-22-13-10-9-12-19(20)22/h7-10,12-13,16-18,21,23H,4-6,11,14-15H2,1-3H3,(H,26,27)/b8-7-. The Labute approximate surface area is 173 Å². The molecule has 3 heteroatoms. The lowest BCUT2D eigenvalue weighted by Gasteiger charge is -2.62. The summed E-state index contributed by atoms with van der Waals surface area (Å²) in [5.74, 6) is 2.11. The van der Waals surface area contributed by atoms with Crippen molar-refractivity contribution in [3.05, 3.63) is 47.4 Å². The summed E-state index contributed by atoms with van der Waals surface area (Å²) in [4.78, 5) is 13.2. The van der Waals surface area contributed by atoms with Crippen molar-refractivity contribution in [1.82, 2.24) is 5.32 Å². The Balaban J connectivity index is 1.50. The van der Waals surface area contributed by atoms with Crippen molar-refractivity contribution in [2.24, 2.45) is 23.2 Å². The molecule has 0 spiro atoms. The molecule has 2 nitrogen and oxygen atoms in total. The highest BCUT2D eigenvalue weighted by atomic mass is 32.1. The molecule has 1 aromatic heterocycles. The van der Waals surface area contributed by atoms with Gasteiger partial charge in [0.25, 0.3) is 5.91 Å². The Morgan fingerprint density at radius 2 is 2.07 bits per heavy atom. The second-order valence-electron chi connectivity index (χ2n) is 9.35. The second-order valence-corrected chi connectivity index (χ2v) is 10.3. The molecule has 1 amide bonds. The molecule has 4 unspecified atom stereocenters. The third-order valence-corrected chi connectivity index (χ3v) is 8.39. The number of hydrogen-bond donors (Lipinski definition) is 1. The van der Waals surface area contributed by atoms with Crippen molar-refractivity contribution in [3.8, 4) is 0 Å². The number of carbonyl (C=O) groups excluding carboxylic acids is 1. The maximum atomic E-state index is 13.2. The van der Waals surface area contributed by atoms with Gasteiger partial charge in [0.05, 0.1) is 5.56 Å². The number of hydrogen-bond acceptors (Lipinski definition) is 2. The quantitative estimate of drug-likeness (QED) is 0.404. The van der Waals surface area contributed by atoms with E-state index in [0.717, 1.165) is 23.3 Å². The first kappa shape index (κ1) is 19.7. The lowest BCUT2D eigenvalue weighted by Crippen LogP contribution is -2.63. The minimum Gasteiger partial charge on any atom is -0.349 e. The van der Waals surface area contributed by atoms with Gasteiger partial charge >= 0.3 is 0 Å². The molecule has 3 fully saturated rings. The van der Waals surface area contributed by atoms with Crippen LogP contribution in [0.1, 0.15) is 69.7 Å². The van der Waals surface area contributed by atoms with Crippen LogP contribution in [0, 0.1) is 23.2 Å². The van der Waals surface area contributed by atoms with Crippen molar-refractivity contribution in [3.63, 3.8) is 0 Å². The molecule has 4 atom stereocenters. The zero-order valence-electron chi connectivity index (χ0n) is 17.4. The molecule has 2 aromatic rings. The van der Waals surface area contributed by atoms with Gasteiger partial charge in [0.15, 0.2) is 0 Å². The van der Waals surface area contributed by atoms with Crippen LogP contribution in [0.15, 0.2) is 41.8 Å². The molecule has 150 valence electrons. The number of fused-ring (bicyclic) bond motifs is 3. The lowest BCUT2D eigenvalue weighted by molar-refractivity contribution is -0.110. The molecule has 1 heterocycles. The van der Waals surface area contributed by atoms with Gasteiger partial charge in [-0.1, -0.05) is 64.0 Å². The van der Waals surface area contributed by atoms with Crippen molar-refractivity contribution in [1.29, 1.82) is 0 Å². The van der Waals surface area contributed by atoms with Crippen LogP contribution in [-0.4, -0.2) is 11.9 Å². The number of benzene rings is 1. The summed E-state index contributed by atoms with van der Waals surface area (Å²) in [5, 5.41) is 6.60. The number of carbonyl (C=O) groups is 1. The van der Waals surface area contributed by atoms with E-state index in [1.807, 2.05) is 17.5 Å². The van der Waals surface area contributed by atoms with Gasteiger partial charge in [-0.2, -0.15) is 0 Å². The van der Waals surface area contributed by atoms with E-state index in [4.69, 9.17) is 0 Å². The van der Waals surface area contributed by atoms with Crippen LogP contribution in [0.4, 0.5) is 0 Å². The molecule has 0 saturated heterocycles. The normalized spacial score (nSPS) is 28.4. The van der Waals surface area contributed by atoms with E-state index < -0.39 is 0 Å². The molecule has 2 bridgehead atoms.